The second kappa shape index (κ2) is 9.72. The highest BCUT2D eigenvalue weighted by atomic mass is 19.4. The topological polar surface area (TPSA) is 67.4 Å². The van der Waals surface area contributed by atoms with Crippen LogP contribution in [0, 0.1) is 5.82 Å². The SMILES string of the molecule is CC(C)(C)OC(=O)N1CCC(COCc2cc(C(F)(F)F)cc3cn[nH]c23)(c2ccc(F)cc2)CC1. The minimum Gasteiger partial charge on any atom is -0.444 e. The van der Waals surface area contributed by atoms with E-state index < -0.39 is 28.8 Å². The molecule has 0 unspecified atom stereocenters. The summed E-state index contributed by atoms with van der Waals surface area (Å²) < 4.78 is 65.3. The Hall–Kier alpha value is -3.14. The highest BCUT2D eigenvalue weighted by Gasteiger charge is 2.39. The molecule has 0 saturated carbocycles. The van der Waals surface area contributed by atoms with E-state index in [9.17, 15) is 22.4 Å². The second-order valence-corrected chi connectivity index (χ2v) is 10.2. The molecule has 1 N–H and O–H groups in total. The number of hydrogen-bond donors (Lipinski definition) is 1. The molecule has 3 aromatic rings. The van der Waals surface area contributed by atoms with Crippen molar-refractivity contribution in [2.75, 3.05) is 19.7 Å². The monoisotopic (exact) mass is 507 g/mol. The largest absolute Gasteiger partial charge is 0.444 e. The Balaban J connectivity index is 1.53. The van der Waals surface area contributed by atoms with E-state index in [0.717, 1.165) is 17.7 Å². The third-order valence-electron chi connectivity index (χ3n) is 6.42. The predicted molar refractivity (Wildman–Crippen MR) is 126 cm³/mol. The zero-order valence-corrected chi connectivity index (χ0v) is 20.4. The maximum absolute atomic E-state index is 13.6. The minimum absolute atomic E-state index is 0.0681. The highest BCUT2D eigenvalue weighted by molar-refractivity contribution is 5.82. The lowest BCUT2D eigenvalue weighted by Crippen LogP contribution is -2.48. The van der Waals surface area contributed by atoms with Crippen LogP contribution in [-0.4, -0.2) is 46.5 Å². The van der Waals surface area contributed by atoms with Crippen LogP contribution in [0.4, 0.5) is 22.4 Å². The molecule has 36 heavy (non-hydrogen) atoms. The van der Waals surface area contributed by atoms with Crippen molar-refractivity contribution in [3.63, 3.8) is 0 Å². The Kier molecular flexibility index (Phi) is 7.01. The Labute approximate surface area is 206 Å². The van der Waals surface area contributed by atoms with Gasteiger partial charge in [-0.25, -0.2) is 9.18 Å². The number of nitrogens with one attached hydrogen (secondary N) is 1. The van der Waals surface area contributed by atoms with Crippen molar-refractivity contribution >= 4 is 17.0 Å². The average molecular weight is 508 g/mol. The quantitative estimate of drug-likeness (QED) is 0.417. The number of aromatic nitrogens is 2. The number of carbonyl (C=O) groups excluding carboxylic acids is 1. The third-order valence-corrected chi connectivity index (χ3v) is 6.42. The number of alkyl halides is 3. The molecule has 0 bridgehead atoms. The number of amides is 1. The van der Waals surface area contributed by atoms with Gasteiger partial charge in [-0.15, -0.1) is 0 Å². The first-order chi connectivity index (χ1) is 16.9. The van der Waals surface area contributed by atoms with E-state index in [4.69, 9.17) is 9.47 Å². The number of fused-ring (bicyclic) bond motifs is 1. The fourth-order valence-electron chi connectivity index (χ4n) is 4.53. The molecule has 1 amide bonds. The molecule has 10 heteroatoms. The maximum Gasteiger partial charge on any atom is 0.416 e. The number of piperidine rings is 1. The van der Waals surface area contributed by atoms with Crippen LogP contribution in [0.5, 0.6) is 0 Å². The summed E-state index contributed by atoms with van der Waals surface area (Å²) in [5.74, 6) is -0.369. The number of aromatic amines is 1. The van der Waals surface area contributed by atoms with Crippen molar-refractivity contribution in [1.29, 1.82) is 0 Å². The fourth-order valence-corrected chi connectivity index (χ4v) is 4.53. The zero-order valence-electron chi connectivity index (χ0n) is 20.4. The van der Waals surface area contributed by atoms with E-state index >= 15 is 0 Å². The van der Waals surface area contributed by atoms with Gasteiger partial charge in [-0.2, -0.15) is 18.3 Å². The van der Waals surface area contributed by atoms with Gasteiger partial charge in [0.1, 0.15) is 11.4 Å². The molecule has 1 saturated heterocycles. The fraction of sp³-hybridized carbons (Fsp3) is 0.462. The number of carbonyl (C=O) groups is 1. The van der Waals surface area contributed by atoms with E-state index in [1.54, 1.807) is 37.8 Å². The molecule has 2 aromatic carbocycles. The number of halogens is 4. The Morgan fingerprint density at radius 1 is 1.11 bits per heavy atom. The van der Waals surface area contributed by atoms with Crippen LogP contribution in [0.2, 0.25) is 0 Å². The van der Waals surface area contributed by atoms with Gasteiger partial charge in [0.15, 0.2) is 0 Å². The van der Waals surface area contributed by atoms with Crippen LogP contribution in [0.3, 0.4) is 0 Å². The van der Waals surface area contributed by atoms with Crippen LogP contribution < -0.4 is 0 Å². The van der Waals surface area contributed by atoms with Gasteiger partial charge in [-0.1, -0.05) is 12.1 Å². The van der Waals surface area contributed by atoms with Crippen molar-refractivity contribution in [3.05, 3.63) is 65.1 Å². The summed E-state index contributed by atoms with van der Waals surface area (Å²) in [6.07, 6.45) is -2.49. The number of hydrogen-bond acceptors (Lipinski definition) is 4. The van der Waals surface area contributed by atoms with Crippen molar-refractivity contribution < 1.29 is 31.8 Å². The highest BCUT2D eigenvalue weighted by Crippen LogP contribution is 2.38. The van der Waals surface area contributed by atoms with E-state index in [-0.39, 0.29) is 19.0 Å². The van der Waals surface area contributed by atoms with E-state index in [1.165, 1.54) is 18.3 Å². The summed E-state index contributed by atoms with van der Waals surface area (Å²) in [5.41, 5.74) is -0.246. The van der Waals surface area contributed by atoms with Crippen molar-refractivity contribution in [2.24, 2.45) is 0 Å². The number of rotatable bonds is 5. The van der Waals surface area contributed by atoms with E-state index in [0.29, 0.717) is 42.4 Å². The molecule has 0 atom stereocenters. The molecular formula is C26H29F4N3O3. The normalized spacial score (nSPS) is 16.4. The molecule has 194 valence electrons. The lowest BCUT2D eigenvalue weighted by molar-refractivity contribution is -0.137. The van der Waals surface area contributed by atoms with Gasteiger partial charge < -0.3 is 14.4 Å². The summed E-state index contributed by atoms with van der Waals surface area (Å²) in [6, 6.07) is 8.25. The van der Waals surface area contributed by atoms with Gasteiger partial charge >= 0.3 is 12.3 Å². The summed E-state index contributed by atoms with van der Waals surface area (Å²) in [5, 5.41) is 6.96. The molecule has 2 heterocycles. The van der Waals surface area contributed by atoms with Gasteiger partial charge in [-0.05, 0) is 63.4 Å². The van der Waals surface area contributed by atoms with Crippen LogP contribution in [-0.2, 0) is 27.7 Å². The Morgan fingerprint density at radius 2 is 1.78 bits per heavy atom. The molecule has 1 aliphatic heterocycles. The number of nitrogens with zero attached hydrogens (tertiary/aromatic N) is 2. The summed E-state index contributed by atoms with van der Waals surface area (Å²) in [6.45, 7) is 6.34. The minimum atomic E-state index is -4.50. The van der Waals surface area contributed by atoms with Crippen LogP contribution >= 0.6 is 0 Å². The first-order valence-corrected chi connectivity index (χ1v) is 11.7. The molecule has 0 radical (unpaired) electrons. The molecule has 0 aliphatic carbocycles. The smallest absolute Gasteiger partial charge is 0.416 e. The summed E-state index contributed by atoms with van der Waals surface area (Å²) >= 11 is 0. The molecule has 1 aliphatic rings. The molecule has 6 nitrogen and oxygen atoms in total. The maximum atomic E-state index is 13.6. The van der Waals surface area contributed by atoms with Gasteiger partial charge in [0.25, 0.3) is 0 Å². The van der Waals surface area contributed by atoms with Gasteiger partial charge in [0, 0.05) is 29.5 Å². The standard InChI is InChI=1S/C26H29F4N3O3/c1-24(2,3)36-23(34)33-10-8-25(9-11-33,19-4-6-21(27)7-5-19)16-35-15-18-13-20(26(28,29)30)12-17-14-31-32-22(17)18/h4-7,12-14H,8-11,15-16H2,1-3H3,(H,31,32). The summed E-state index contributed by atoms with van der Waals surface area (Å²) in [4.78, 5) is 14.2. The first kappa shape index (κ1) is 25.9. The summed E-state index contributed by atoms with van der Waals surface area (Å²) in [7, 11) is 0. The number of benzene rings is 2. The second-order valence-electron chi connectivity index (χ2n) is 10.2. The molecule has 0 spiro atoms. The lowest BCUT2D eigenvalue weighted by Gasteiger charge is -2.42. The van der Waals surface area contributed by atoms with Crippen molar-refractivity contribution in [3.8, 4) is 0 Å². The lowest BCUT2D eigenvalue weighted by atomic mass is 9.73. The van der Waals surface area contributed by atoms with E-state index in [1.807, 2.05) is 0 Å². The van der Waals surface area contributed by atoms with Crippen molar-refractivity contribution in [1.82, 2.24) is 15.1 Å². The van der Waals surface area contributed by atoms with Crippen LogP contribution in [0.1, 0.15) is 50.3 Å². The zero-order chi connectivity index (χ0) is 26.1. The number of likely N-dealkylation sites (tertiary alicyclic amines) is 1. The molecule has 1 fully saturated rings. The predicted octanol–water partition coefficient (Wildman–Crippen LogP) is 6.21. The third kappa shape index (κ3) is 5.80. The Morgan fingerprint density at radius 3 is 2.39 bits per heavy atom. The van der Waals surface area contributed by atoms with Crippen LogP contribution in [0.15, 0.2) is 42.6 Å². The van der Waals surface area contributed by atoms with Crippen LogP contribution in [0.25, 0.3) is 10.9 Å². The van der Waals surface area contributed by atoms with Gasteiger partial charge in [0.05, 0.1) is 30.5 Å². The van der Waals surface area contributed by atoms with Gasteiger partial charge in [0.2, 0.25) is 0 Å². The molecular weight excluding hydrogens is 478 g/mol. The Bertz CT molecular complexity index is 1210. The molecule has 4 rings (SSSR count). The number of ether oxygens (including phenoxy) is 2. The number of H-pyrrole nitrogens is 1. The molecule has 1 aromatic heterocycles. The van der Waals surface area contributed by atoms with Crippen molar-refractivity contribution in [2.45, 2.75) is 57.4 Å². The first-order valence-electron chi connectivity index (χ1n) is 11.7. The van der Waals surface area contributed by atoms with E-state index in [2.05, 4.69) is 10.2 Å². The van der Waals surface area contributed by atoms with Gasteiger partial charge in [-0.3, -0.25) is 5.10 Å². The average Bonchev–Trinajstić information content (AvgIpc) is 3.27.